The number of nitrogens with one attached hydrogen (secondary N) is 2. The number of fused-ring (bicyclic) bond motifs is 1. The highest BCUT2D eigenvalue weighted by atomic mass is 16.3. The molecule has 146 valence electrons. The number of hydrogen-bond acceptors (Lipinski definition) is 4. The van der Waals surface area contributed by atoms with Gasteiger partial charge in [-0.15, -0.1) is 0 Å². The van der Waals surface area contributed by atoms with E-state index < -0.39 is 0 Å². The maximum absolute atomic E-state index is 12.8. The van der Waals surface area contributed by atoms with Crippen molar-refractivity contribution in [2.24, 2.45) is 0 Å². The Morgan fingerprint density at radius 2 is 1.96 bits per heavy atom. The topological polar surface area (TPSA) is 95.1 Å². The van der Waals surface area contributed by atoms with Crippen LogP contribution in [-0.2, 0) is 13.0 Å². The number of aromatic nitrogens is 2. The summed E-state index contributed by atoms with van der Waals surface area (Å²) in [5.41, 5.74) is 4.65. The van der Waals surface area contributed by atoms with Gasteiger partial charge in [0.1, 0.15) is 5.75 Å². The number of amides is 1. The minimum absolute atomic E-state index is 0.146. The average Bonchev–Trinajstić information content (AvgIpc) is 2.61. The molecule has 2 aromatic heterocycles. The molecule has 0 bridgehead atoms. The third-order valence-electron chi connectivity index (χ3n) is 4.89. The van der Waals surface area contributed by atoms with Crippen molar-refractivity contribution >= 4 is 16.8 Å². The number of aromatic amines is 1. The molecule has 6 heteroatoms. The zero-order valence-electron chi connectivity index (χ0n) is 16.6. The van der Waals surface area contributed by atoms with Crippen LogP contribution in [0.3, 0.4) is 0 Å². The van der Waals surface area contributed by atoms with Crippen molar-refractivity contribution in [2.45, 2.75) is 47.1 Å². The van der Waals surface area contributed by atoms with Gasteiger partial charge in [-0.2, -0.15) is 0 Å². The van der Waals surface area contributed by atoms with Crippen LogP contribution in [-0.4, -0.2) is 21.0 Å². The Balaban J connectivity index is 1.91. The molecule has 3 N–H and O–H groups in total. The summed E-state index contributed by atoms with van der Waals surface area (Å²) in [4.78, 5) is 32.4. The molecule has 0 saturated heterocycles. The van der Waals surface area contributed by atoms with Gasteiger partial charge in [0.25, 0.3) is 11.5 Å². The van der Waals surface area contributed by atoms with Crippen LogP contribution < -0.4 is 10.9 Å². The molecule has 0 radical (unpaired) electrons. The number of benzene rings is 1. The lowest BCUT2D eigenvalue weighted by molar-refractivity contribution is 0.0950. The molecule has 2 heterocycles. The highest BCUT2D eigenvalue weighted by molar-refractivity contribution is 6.01. The van der Waals surface area contributed by atoms with Crippen LogP contribution in [0.2, 0.25) is 0 Å². The van der Waals surface area contributed by atoms with E-state index in [-0.39, 0.29) is 23.8 Å². The summed E-state index contributed by atoms with van der Waals surface area (Å²) in [6.07, 6.45) is 1.70. The summed E-state index contributed by atoms with van der Waals surface area (Å²) in [6, 6.07) is 6.93. The fraction of sp³-hybridized carbons (Fsp3) is 0.318. The maximum Gasteiger partial charge on any atom is 0.253 e. The van der Waals surface area contributed by atoms with Crippen LogP contribution in [0.25, 0.3) is 10.9 Å². The van der Waals surface area contributed by atoms with E-state index in [1.54, 1.807) is 25.1 Å². The third kappa shape index (κ3) is 3.76. The van der Waals surface area contributed by atoms with Crippen LogP contribution in [0.4, 0.5) is 0 Å². The molecule has 3 aromatic rings. The number of rotatable bonds is 5. The number of aryl methyl sites for hydroxylation is 4. The zero-order chi connectivity index (χ0) is 20.4. The molecule has 0 aliphatic carbocycles. The molecule has 1 aromatic carbocycles. The summed E-state index contributed by atoms with van der Waals surface area (Å²) in [5.74, 6) is -0.127. The highest BCUT2D eigenvalue weighted by Crippen LogP contribution is 2.28. The Bertz CT molecular complexity index is 1120. The number of hydrogen-bond donors (Lipinski definition) is 3. The Hall–Kier alpha value is -3.15. The molecule has 0 aliphatic rings. The van der Waals surface area contributed by atoms with Crippen LogP contribution >= 0.6 is 0 Å². The van der Waals surface area contributed by atoms with E-state index in [2.05, 4.69) is 22.2 Å². The third-order valence-corrected chi connectivity index (χ3v) is 4.89. The molecule has 0 aliphatic heterocycles. The minimum Gasteiger partial charge on any atom is -0.507 e. The predicted octanol–water partition coefficient (Wildman–Crippen LogP) is 3.44. The second-order valence-electron chi connectivity index (χ2n) is 7.13. The lowest BCUT2D eigenvalue weighted by Gasteiger charge is -2.13. The fourth-order valence-electron chi connectivity index (χ4n) is 3.52. The van der Waals surface area contributed by atoms with Crippen LogP contribution in [0.5, 0.6) is 5.75 Å². The van der Waals surface area contributed by atoms with Gasteiger partial charge in [0.2, 0.25) is 0 Å². The number of carbonyl (C=O) groups is 1. The quantitative estimate of drug-likeness (QED) is 0.633. The van der Waals surface area contributed by atoms with Crippen LogP contribution in [0.1, 0.15) is 51.8 Å². The molecule has 3 rings (SSSR count). The summed E-state index contributed by atoms with van der Waals surface area (Å²) in [6.45, 7) is 7.68. The Morgan fingerprint density at radius 3 is 2.68 bits per heavy atom. The highest BCUT2D eigenvalue weighted by Gasteiger charge is 2.16. The second kappa shape index (κ2) is 7.84. The van der Waals surface area contributed by atoms with Crippen molar-refractivity contribution in [3.8, 4) is 5.75 Å². The van der Waals surface area contributed by atoms with Gasteiger partial charge in [0, 0.05) is 40.5 Å². The lowest BCUT2D eigenvalue weighted by Crippen LogP contribution is -2.29. The Labute approximate surface area is 163 Å². The average molecular weight is 379 g/mol. The number of aromatic hydroxyl groups is 1. The molecule has 0 fully saturated rings. The van der Waals surface area contributed by atoms with E-state index in [9.17, 15) is 14.7 Å². The normalized spacial score (nSPS) is 11.0. The summed E-state index contributed by atoms with van der Waals surface area (Å²) >= 11 is 0. The van der Waals surface area contributed by atoms with Gasteiger partial charge in [-0.25, -0.2) is 0 Å². The monoisotopic (exact) mass is 379 g/mol. The van der Waals surface area contributed by atoms with Crippen molar-refractivity contribution in [3.05, 3.63) is 68.3 Å². The van der Waals surface area contributed by atoms with Gasteiger partial charge >= 0.3 is 0 Å². The maximum atomic E-state index is 12.8. The zero-order valence-corrected chi connectivity index (χ0v) is 16.6. The van der Waals surface area contributed by atoms with Crippen molar-refractivity contribution in [1.82, 2.24) is 15.3 Å². The van der Waals surface area contributed by atoms with Crippen LogP contribution in [0.15, 0.2) is 29.1 Å². The smallest absolute Gasteiger partial charge is 0.253 e. The van der Waals surface area contributed by atoms with E-state index in [0.29, 0.717) is 33.3 Å². The van der Waals surface area contributed by atoms with Gasteiger partial charge < -0.3 is 15.4 Å². The molecule has 0 atom stereocenters. The molecule has 1 amide bonds. The minimum atomic E-state index is -0.274. The molecular weight excluding hydrogens is 354 g/mol. The summed E-state index contributed by atoms with van der Waals surface area (Å²) in [5, 5.41) is 13.6. The van der Waals surface area contributed by atoms with E-state index in [1.165, 1.54) is 0 Å². The molecule has 28 heavy (non-hydrogen) atoms. The van der Waals surface area contributed by atoms with Gasteiger partial charge in [-0.05, 0) is 56.5 Å². The SMILES string of the molecule is CCCc1cc(C)[nH]c(=O)c1CNC(=O)c1ccc2c(O)cc(C)nc2c1C. The van der Waals surface area contributed by atoms with E-state index >= 15 is 0 Å². The largest absolute Gasteiger partial charge is 0.507 e. The molecule has 6 nitrogen and oxygen atoms in total. The van der Waals surface area contributed by atoms with Gasteiger partial charge in [0.15, 0.2) is 0 Å². The first-order chi connectivity index (χ1) is 13.3. The second-order valence-corrected chi connectivity index (χ2v) is 7.13. The van der Waals surface area contributed by atoms with Crippen LogP contribution in [0, 0.1) is 20.8 Å². The lowest BCUT2D eigenvalue weighted by atomic mass is 10.0. The number of pyridine rings is 2. The first-order valence-corrected chi connectivity index (χ1v) is 9.41. The molecule has 0 unspecified atom stereocenters. The first-order valence-electron chi connectivity index (χ1n) is 9.41. The standard InChI is InChI=1S/C22H25N3O3/c1-5-6-15-9-12(2)25-22(28)18(15)11-23-21(27)16-7-8-17-19(26)10-13(3)24-20(17)14(16)4/h7-10H,5-6,11H2,1-4H3,(H,23,27)(H,24,26)(H,25,28). The van der Waals surface area contributed by atoms with E-state index in [0.717, 1.165) is 24.1 Å². The number of carbonyl (C=O) groups excluding carboxylic acids is 1. The van der Waals surface area contributed by atoms with Gasteiger partial charge in [-0.1, -0.05) is 13.3 Å². The number of nitrogens with zero attached hydrogens (tertiary/aromatic N) is 1. The Kier molecular flexibility index (Phi) is 5.49. The summed E-state index contributed by atoms with van der Waals surface area (Å²) < 4.78 is 0. The van der Waals surface area contributed by atoms with Crippen molar-refractivity contribution in [1.29, 1.82) is 0 Å². The van der Waals surface area contributed by atoms with E-state index in [1.807, 2.05) is 19.9 Å². The first kappa shape index (κ1) is 19.6. The Morgan fingerprint density at radius 1 is 1.21 bits per heavy atom. The van der Waals surface area contributed by atoms with Crippen molar-refractivity contribution in [2.75, 3.05) is 0 Å². The van der Waals surface area contributed by atoms with Gasteiger partial charge in [-0.3, -0.25) is 14.6 Å². The fourth-order valence-corrected chi connectivity index (χ4v) is 3.52. The number of H-pyrrole nitrogens is 1. The van der Waals surface area contributed by atoms with Gasteiger partial charge in [0.05, 0.1) is 5.52 Å². The molecular formula is C22H25N3O3. The van der Waals surface area contributed by atoms with E-state index in [4.69, 9.17) is 0 Å². The van der Waals surface area contributed by atoms with Crippen molar-refractivity contribution < 1.29 is 9.90 Å². The van der Waals surface area contributed by atoms with Crippen molar-refractivity contribution in [3.63, 3.8) is 0 Å². The summed E-state index contributed by atoms with van der Waals surface area (Å²) in [7, 11) is 0. The predicted molar refractivity (Wildman–Crippen MR) is 110 cm³/mol. The molecule has 0 spiro atoms. The molecule has 0 saturated carbocycles.